The average molecular weight is 399 g/mol. The lowest BCUT2D eigenvalue weighted by Crippen LogP contribution is -2.23. The minimum Gasteiger partial charge on any atom is -0.342 e. The van der Waals surface area contributed by atoms with E-state index in [2.05, 4.69) is 47.5 Å². The Bertz CT molecular complexity index is 840. The van der Waals surface area contributed by atoms with Crippen molar-refractivity contribution in [2.45, 2.75) is 13.3 Å². The molecule has 3 rings (SSSR count). The number of aromatic nitrogens is 4. The van der Waals surface area contributed by atoms with Crippen molar-refractivity contribution in [2.24, 2.45) is 0 Å². The molecule has 0 unspecified atom stereocenters. The first-order valence-electron chi connectivity index (χ1n) is 7.95. The second-order valence-corrected chi connectivity index (χ2v) is 6.61. The Morgan fingerprint density at radius 3 is 2.72 bits per heavy atom. The van der Waals surface area contributed by atoms with Crippen molar-refractivity contribution < 1.29 is 0 Å². The van der Waals surface area contributed by atoms with E-state index >= 15 is 0 Å². The van der Waals surface area contributed by atoms with Crippen LogP contribution in [-0.4, -0.2) is 33.8 Å². The van der Waals surface area contributed by atoms with E-state index in [9.17, 15) is 0 Å². The highest BCUT2D eigenvalue weighted by Gasteiger charge is 2.07. The van der Waals surface area contributed by atoms with Crippen molar-refractivity contribution in [1.29, 1.82) is 0 Å². The van der Waals surface area contributed by atoms with Crippen LogP contribution in [0.15, 0.2) is 53.4 Å². The maximum Gasteiger partial charge on any atom is 0.247 e. The van der Waals surface area contributed by atoms with Crippen LogP contribution < -0.4 is 10.2 Å². The summed E-state index contributed by atoms with van der Waals surface area (Å²) in [5.74, 6) is 1.26. The van der Waals surface area contributed by atoms with Crippen LogP contribution in [0.5, 0.6) is 0 Å². The Hall–Kier alpha value is -2.54. The molecule has 3 aromatic rings. The fraction of sp³-hybridized carbons (Fsp3) is 0.222. The normalized spacial score (nSPS) is 10.5. The highest BCUT2D eigenvalue weighted by molar-refractivity contribution is 9.10. The van der Waals surface area contributed by atoms with Gasteiger partial charge in [-0.1, -0.05) is 15.9 Å². The van der Waals surface area contributed by atoms with Crippen molar-refractivity contribution in [3.8, 4) is 0 Å². The summed E-state index contributed by atoms with van der Waals surface area (Å²) in [5, 5.41) is 11.5. The third kappa shape index (κ3) is 4.73. The quantitative estimate of drug-likeness (QED) is 0.681. The lowest BCUT2D eigenvalue weighted by Gasteiger charge is -2.17. The molecule has 0 radical (unpaired) electrons. The van der Waals surface area contributed by atoms with Crippen LogP contribution in [0.4, 0.5) is 17.5 Å². The standard InChI is InChI=1S/C18H19BrN6/c1-13-11-15(3-4-16(13)19)22-17-12-21-24-18(23-17)25(2)10-7-14-5-8-20-9-6-14/h3-6,8-9,11-12H,7,10H2,1-2H3,(H,22,23,24). The SMILES string of the molecule is Cc1cc(Nc2cnnc(N(C)CCc3ccncc3)n2)ccc1Br. The maximum atomic E-state index is 4.55. The zero-order chi connectivity index (χ0) is 17.6. The topological polar surface area (TPSA) is 66.8 Å². The molecule has 0 aliphatic heterocycles. The van der Waals surface area contributed by atoms with Gasteiger partial charge in [-0.2, -0.15) is 10.1 Å². The Balaban J connectivity index is 1.66. The van der Waals surface area contributed by atoms with Crippen molar-refractivity contribution in [3.05, 3.63) is 64.5 Å². The number of aryl methyl sites for hydroxylation is 1. The molecule has 0 saturated heterocycles. The van der Waals surface area contributed by atoms with Crippen LogP contribution in [-0.2, 0) is 6.42 Å². The molecule has 7 heteroatoms. The summed E-state index contributed by atoms with van der Waals surface area (Å²) < 4.78 is 1.08. The van der Waals surface area contributed by atoms with Gasteiger partial charge in [-0.05, 0) is 54.8 Å². The summed E-state index contributed by atoms with van der Waals surface area (Å²) in [4.78, 5) is 10.6. The number of rotatable bonds is 6. The van der Waals surface area contributed by atoms with Gasteiger partial charge in [0, 0.05) is 36.1 Å². The zero-order valence-electron chi connectivity index (χ0n) is 14.1. The van der Waals surface area contributed by atoms with Crippen LogP contribution in [0.1, 0.15) is 11.1 Å². The summed E-state index contributed by atoms with van der Waals surface area (Å²) in [5.41, 5.74) is 3.35. The Morgan fingerprint density at radius 2 is 1.96 bits per heavy atom. The summed E-state index contributed by atoms with van der Waals surface area (Å²) in [7, 11) is 1.96. The molecule has 0 saturated carbocycles. The van der Waals surface area contributed by atoms with Crippen LogP contribution in [0.25, 0.3) is 0 Å². The summed E-state index contributed by atoms with van der Waals surface area (Å²) >= 11 is 3.51. The number of likely N-dealkylation sites (N-methyl/N-ethyl adjacent to an activating group) is 1. The van der Waals surface area contributed by atoms with Gasteiger partial charge in [0.1, 0.15) is 0 Å². The molecule has 1 N–H and O–H groups in total. The largest absolute Gasteiger partial charge is 0.342 e. The summed E-state index contributed by atoms with van der Waals surface area (Å²) in [6, 6.07) is 10.1. The minimum absolute atomic E-state index is 0.591. The van der Waals surface area contributed by atoms with Crippen molar-refractivity contribution in [1.82, 2.24) is 20.2 Å². The number of anilines is 3. The van der Waals surface area contributed by atoms with Gasteiger partial charge in [0.25, 0.3) is 0 Å². The van der Waals surface area contributed by atoms with Crippen molar-refractivity contribution >= 4 is 33.4 Å². The smallest absolute Gasteiger partial charge is 0.247 e. The van der Waals surface area contributed by atoms with Crippen molar-refractivity contribution in [3.63, 3.8) is 0 Å². The number of hydrogen-bond acceptors (Lipinski definition) is 6. The first-order chi connectivity index (χ1) is 12.1. The van der Waals surface area contributed by atoms with Gasteiger partial charge >= 0.3 is 0 Å². The molecule has 0 amide bonds. The number of nitrogens with zero attached hydrogens (tertiary/aromatic N) is 5. The molecule has 2 aromatic heterocycles. The third-order valence-electron chi connectivity index (χ3n) is 3.80. The lowest BCUT2D eigenvalue weighted by molar-refractivity contribution is 0.812. The van der Waals surface area contributed by atoms with Gasteiger partial charge in [-0.15, -0.1) is 5.10 Å². The third-order valence-corrected chi connectivity index (χ3v) is 4.69. The molecule has 0 fully saturated rings. The first-order valence-corrected chi connectivity index (χ1v) is 8.74. The van der Waals surface area contributed by atoms with Crippen molar-refractivity contribution in [2.75, 3.05) is 23.8 Å². The molecule has 1 aromatic carbocycles. The molecular weight excluding hydrogens is 380 g/mol. The molecule has 0 spiro atoms. The van der Waals surface area contributed by atoms with Gasteiger partial charge in [0.2, 0.25) is 5.95 Å². The Kier molecular flexibility index (Phi) is 5.55. The number of hydrogen-bond donors (Lipinski definition) is 1. The number of nitrogens with one attached hydrogen (secondary N) is 1. The van der Waals surface area contributed by atoms with E-state index in [-0.39, 0.29) is 0 Å². The highest BCUT2D eigenvalue weighted by Crippen LogP contribution is 2.22. The fourth-order valence-electron chi connectivity index (χ4n) is 2.33. The van der Waals surface area contributed by atoms with Gasteiger partial charge in [-0.3, -0.25) is 4.98 Å². The maximum absolute atomic E-state index is 4.55. The van der Waals surface area contributed by atoms with Crippen LogP contribution in [0.2, 0.25) is 0 Å². The number of pyridine rings is 1. The van der Waals surface area contributed by atoms with Crippen LogP contribution >= 0.6 is 15.9 Å². The average Bonchev–Trinajstić information content (AvgIpc) is 2.64. The number of halogens is 1. The molecule has 0 bridgehead atoms. The first kappa shape index (κ1) is 17.3. The molecule has 25 heavy (non-hydrogen) atoms. The second kappa shape index (κ2) is 8.02. The van der Waals surface area contributed by atoms with E-state index in [1.54, 1.807) is 18.6 Å². The van der Waals surface area contributed by atoms with E-state index in [0.29, 0.717) is 11.8 Å². The van der Waals surface area contributed by atoms with E-state index in [1.165, 1.54) is 5.56 Å². The molecular formula is C18H19BrN6. The molecule has 6 nitrogen and oxygen atoms in total. The predicted octanol–water partition coefficient (Wildman–Crippen LogP) is 3.76. The summed E-state index contributed by atoms with van der Waals surface area (Å²) in [6.07, 6.45) is 6.12. The molecule has 0 atom stereocenters. The van der Waals surface area contributed by atoms with Gasteiger partial charge in [-0.25, -0.2) is 0 Å². The van der Waals surface area contributed by atoms with Crippen LogP contribution in [0, 0.1) is 6.92 Å². The number of benzene rings is 1. The minimum atomic E-state index is 0.591. The fourth-order valence-corrected chi connectivity index (χ4v) is 2.58. The van der Waals surface area contributed by atoms with E-state index in [1.807, 2.05) is 43.1 Å². The molecule has 128 valence electrons. The summed E-state index contributed by atoms with van der Waals surface area (Å²) in [6.45, 7) is 2.85. The van der Waals surface area contributed by atoms with E-state index < -0.39 is 0 Å². The molecule has 0 aliphatic rings. The van der Waals surface area contributed by atoms with Gasteiger partial charge in [0.05, 0.1) is 6.20 Å². The highest BCUT2D eigenvalue weighted by atomic mass is 79.9. The predicted molar refractivity (Wildman–Crippen MR) is 103 cm³/mol. The lowest BCUT2D eigenvalue weighted by atomic mass is 10.2. The van der Waals surface area contributed by atoms with Crippen LogP contribution in [0.3, 0.4) is 0 Å². The monoisotopic (exact) mass is 398 g/mol. The van der Waals surface area contributed by atoms with E-state index in [0.717, 1.165) is 28.7 Å². The molecule has 0 aliphatic carbocycles. The van der Waals surface area contributed by atoms with E-state index in [4.69, 9.17) is 0 Å². The second-order valence-electron chi connectivity index (χ2n) is 5.76. The Labute approximate surface area is 155 Å². The zero-order valence-corrected chi connectivity index (χ0v) is 15.7. The Morgan fingerprint density at radius 1 is 1.16 bits per heavy atom. The molecule has 2 heterocycles. The van der Waals surface area contributed by atoms with Gasteiger partial charge < -0.3 is 10.2 Å². The van der Waals surface area contributed by atoms with Gasteiger partial charge in [0.15, 0.2) is 5.82 Å².